The average Bonchev–Trinajstić information content (AvgIpc) is 2.44. The van der Waals surface area contributed by atoms with Crippen LogP contribution in [0.4, 0.5) is 11.4 Å². The SMILES string of the molecule is CCCCC(=O)Nc1ccc2c(c1)N(C(C)C)C(=O)CO2. The second kappa shape index (κ2) is 6.61. The van der Waals surface area contributed by atoms with Gasteiger partial charge in [-0.15, -0.1) is 0 Å². The lowest BCUT2D eigenvalue weighted by Gasteiger charge is -2.32. The Morgan fingerprint density at radius 2 is 2.19 bits per heavy atom. The molecular weight excluding hydrogens is 268 g/mol. The van der Waals surface area contributed by atoms with Gasteiger partial charge in [-0.3, -0.25) is 9.59 Å². The van der Waals surface area contributed by atoms with Gasteiger partial charge in [0.25, 0.3) is 5.91 Å². The Morgan fingerprint density at radius 3 is 2.86 bits per heavy atom. The molecule has 1 aliphatic heterocycles. The third-order valence-electron chi connectivity index (χ3n) is 3.40. The first kappa shape index (κ1) is 15.4. The lowest BCUT2D eigenvalue weighted by Crippen LogP contribution is -2.43. The number of anilines is 2. The van der Waals surface area contributed by atoms with Gasteiger partial charge in [0.2, 0.25) is 5.91 Å². The van der Waals surface area contributed by atoms with E-state index >= 15 is 0 Å². The van der Waals surface area contributed by atoms with Gasteiger partial charge < -0.3 is 15.0 Å². The maximum absolute atomic E-state index is 12.0. The molecule has 1 N–H and O–H groups in total. The molecule has 0 spiro atoms. The molecule has 114 valence electrons. The van der Waals surface area contributed by atoms with Crippen molar-refractivity contribution in [3.8, 4) is 5.75 Å². The number of carbonyl (C=O) groups is 2. The van der Waals surface area contributed by atoms with Crippen LogP contribution in [0.2, 0.25) is 0 Å². The Kier molecular flexibility index (Phi) is 4.83. The Bertz CT molecular complexity index is 540. The summed E-state index contributed by atoms with van der Waals surface area (Å²) in [6.07, 6.45) is 2.37. The third-order valence-corrected chi connectivity index (χ3v) is 3.40. The topological polar surface area (TPSA) is 58.6 Å². The van der Waals surface area contributed by atoms with Crippen molar-refractivity contribution in [3.63, 3.8) is 0 Å². The molecule has 0 unspecified atom stereocenters. The van der Waals surface area contributed by atoms with Crippen molar-refractivity contribution in [2.45, 2.75) is 46.1 Å². The molecule has 0 aliphatic carbocycles. The molecule has 1 aliphatic rings. The van der Waals surface area contributed by atoms with E-state index in [-0.39, 0.29) is 24.5 Å². The van der Waals surface area contributed by atoms with Crippen molar-refractivity contribution < 1.29 is 14.3 Å². The first-order valence-electron chi connectivity index (χ1n) is 7.41. The number of unbranched alkanes of at least 4 members (excludes halogenated alkanes) is 1. The Hall–Kier alpha value is -2.04. The molecule has 5 heteroatoms. The number of nitrogens with zero attached hydrogens (tertiary/aromatic N) is 1. The number of benzene rings is 1. The first-order chi connectivity index (χ1) is 10.0. The monoisotopic (exact) mass is 290 g/mol. The van der Waals surface area contributed by atoms with Crippen molar-refractivity contribution in [1.82, 2.24) is 0 Å². The minimum atomic E-state index is -0.0630. The summed E-state index contributed by atoms with van der Waals surface area (Å²) < 4.78 is 5.44. The van der Waals surface area contributed by atoms with Gasteiger partial charge in [-0.25, -0.2) is 0 Å². The second-order valence-electron chi connectivity index (χ2n) is 5.48. The number of hydrogen-bond acceptors (Lipinski definition) is 3. The van der Waals surface area contributed by atoms with Crippen molar-refractivity contribution in [2.75, 3.05) is 16.8 Å². The van der Waals surface area contributed by atoms with Gasteiger partial charge in [0.05, 0.1) is 5.69 Å². The highest BCUT2D eigenvalue weighted by atomic mass is 16.5. The minimum absolute atomic E-state index is 0.00375. The molecule has 0 fully saturated rings. The number of fused-ring (bicyclic) bond motifs is 1. The van der Waals surface area contributed by atoms with Crippen LogP contribution in [0.25, 0.3) is 0 Å². The van der Waals surface area contributed by atoms with Crippen LogP contribution in [0.1, 0.15) is 40.0 Å². The molecule has 21 heavy (non-hydrogen) atoms. The zero-order valence-corrected chi connectivity index (χ0v) is 12.8. The van der Waals surface area contributed by atoms with E-state index in [0.717, 1.165) is 18.5 Å². The van der Waals surface area contributed by atoms with Gasteiger partial charge in [0, 0.05) is 18.2 Å². The number of ether oxygens (including phenoxy) is 1. The highest BCUT2D eigenvalue weighted by Crippen LogP contribution is 2.35. The van der Waals surface area contributed by atoms with Crippen LogP contribution in [0.3, 0.4) is 0 Å². The molecule has 0 atom stereocenters. The van der Waals surface area contributed by atoms with Gasteiger partial charge in [-0.05, 0) is 38.5 Å². The first-order valence-corrected chi connectivity index (χ1v) is 7.41. The van der Waals surface area contributed by atoms with Crippen LogP contribution in [0.15, 0.2) is 18.2 Å². The van der Waals surface area contributed by atoms with E-state index in [9.17, 15) is 9.59 Å². The standard InChI is InChI=1S/C16H22N2O3/c1-4-5-6-15(19)17-12-7-8-14-13(9-12)18(11(2)3)16(20)10-21-14/h7-9,11H,4-6,10H2,1-3H3,(H,17,19). The quantitative estimate of drug-likeness (QED) is 0.907. The molecule has 2 rings (SSSR count). The molecule has 0 bridgehead atoms. The zero-order valence-electron chi connectivity index (χ0n) is 12.8. The zero-order chi connectivity index (χ0) is 15.4. The lowest BCUT2D eigenvalue weighted by atomic mass is 10.1. The van der Waals surface area contributed by atoms with E-state index in [4.69, 9.17) is 4.74 Å². The van der Waals surface area contributed by atoms with Gasteiger partial charge in [0.1, 0.15) is 5.75 Å². The molecule has 0 saturated heterocycles. The second-order valence-corrected chi connectivity index (χ2v) is 5.48. The summed E-state index contributed by atoms with van der Waals surface area (Å²) in [7, 11) is 0. The van der Waals surface area contributed by atoms with Crippen molar-refractivity contribution >= 4 is 23.2 Å². The van der Waals surface area contributed by atoms with Gasteiger partial charge in [-0.2, -0.15) is 0 Å². The molecule has 1 aromatic carbocycles. The largest absolute Gasteiger partial charge is 0.482 e. The number of rotatable bonds is 5. The van der Waals surface area contributed by atoms with Crippen molar-refractivity contribution in [1.29, 1.82) is 0 Å². The van der Waals surface area contributed by atoms with Crippen LogP contribution in [-0.4, -0.2) is 24.5 Å². The van der Waals surface area contributed by atoms with Crippen molar-refractivity contribution in [2.24, 2.45) is 0 Å². The lowest BCUT2D eigenvalue weighted by molar-refractivity contribution is -0.121. The molecule has 5 nitrogen and oxygen atoms in total. The van der Waals surface area contributed by atoms with E-state index in [1.54, 1.807) is 23.1 Å². The van der Waals surface area contributed by atoms with E-state index in [0.29, 0.717) is 17.9 Å². The van der Waals surface area contributed by atoms with Crippen LogP contribution in [0, 0.1) is 0 Å². The summed E-state index contributed by atoms with van der Waals surface area (Å²) in [5, 5.41) is 2.87. The van der Waals surface area contributed by atoms with Crippen LogP contribution in [-0.2, 0) is 9.59 Å². The van der Waals surface area contributed by atoms with Crippen molar-refractivity contribution in [3.05, 3.63) is 18.2 Å². The maximum atomic E-state index is 12.0. The molecule has 0 saturated carbocycles. The van der Waals surface area contributed by atoms with E-state index in [2.05, 4.69) is 12.2 Å². The summed E-state index contributed by atoms with van der Waals surface area (Å²) >= 11 is 0. The Morgan fingerprint density at radius 1 is 1.43 bits per heavy atom. The fraction of sp³-hybridized carbons (Fsp3) is 0.500. The normalized spacial score (nSPS) is 13.9. The molecule has 0 radical (unpaired) electrons. The molecule has 1 aromatic rings. The molecule has 0 aromatic heterocycles. The molecule has 2 amide bonds. The maximum Gasteiger partial charge on any atom is 0.265 e. The summed E-state index contributed by atoms with van der Waals surface area (Å²) in [5.41, 5.74) is 1.41. The summed E-state index contributed by atoms with van der Waals surface area (Å²) in [5.74, 6) is 0.609. The van der Waals surface area contributed by atoms with E-state index in [1.165, 1.54) is 0 Å². The number of hydrogen-bond donors (Lipinski definition) is 1. The van der Waals surface area contributed by atoms with E-state index < -0.39 is 0 Å². The summed E-state index contributed by atoms with van der Waals surface area (Å²) in [6.45, 7) is 6.03. The van der Waals surface area contributed by atoms with Gasteiger partial charge >= 0.3 is 0 Å². The Balaban J connectivity index is 2.20. The molecular formula is C16H22N2O3. The van der Waals surface area contributed by atoms with Gasteiger partial charge in [0.15, 0.2) is 6.61 Å². The smallest absolute Gasteiger partial charge is 0.265 e. The average molecular weight is 290 g/mol. The van der Waals surface area contributed by atoms with Crippen LogP contribution in [0.5, 0.6) is 5.75 Å². The van der Waals surface area contributed by atoms with E-state index in [1.807, 2.05) is 13.8 Å². The third kappa shape index (κ3) is 3.54. The summed E-state index contributed by atoms with van der Waals surface area (Å²) in [4.78, 5) is 25.5. The fourth-order valence-electron chi connectivity index (χ4n) is 2.38. The number of nitrogens with one attached hydrogen (secondary N) is 1. The predicted octanol–water partition coefficient (Wildman–Crippen LogP) is 2.95. The number of amides is 2. The highest BCUT2D eigenvalue weighted by molar-refractivity contribution is 6.00. The van der Waals surface area contributed by atoms with Gasteiger partial charge in [-0.1, -0.05) is 13.3 Å². The molecule has 1 heterocycles. The predicted molar refractivity (Wildman–Crippen MR) is 82.7 cm³/mol. The minimum Gasteiger partial charge on any atom is -0.482 e. The van der Waals surface area contributed by atoms with Crippen LogP contribution >= 0.6 is 0 Å². The van der Waals surface area contributed by atoms with Crippen LogP contribution < -0.4 is 15.0 Å². The number of carbonyl (C=O) groups excluding carboxylic acids is 2. The fourth-order valence-corrected chi connectivity index (χ4v) is 2.38. The highest BCUT2D eigenvalue weighted by Gasteiger charge is 2.27. The Labute approximate surface area is 125 Å². The summed E-state index contributed by atoms with van der Waals surface area (Å²) in [6, 6.07) is 5.45.